The van der Waals surface area contributed by atoms with Gasteiger partial charge in [0.15, 0.2) is 0 Å². The van der Waals surface area contributed by atoms with Crippen molar-refractivity contribution in [1.82, 2.24) is 9.78 Å². The number of hydrogen-bond acceptors (Lipinski definition) is 4. The molecule has 1 aromatic rings. The quantitative estimate of drug-likeness (QED) is 0.625. The predicted octanol–water partition coefficient (Wildman–Crippen LogP) is 2.97. The van der Waals surface area contributed by atoms with Crippen LogP contribution >= 0.6 is 0 Å². The highest BCUT2D eigenvalue weighted by atomic mass is 16.6. The fourth-order valence-electron chi connectivity index (χ4n) is 2.16. The first-order valence-electron chi connectivity index (χ1n) is 6.35. The molecule has 0 aromatic carbocycles. The summed E-state index contributed by atoms with van der Waals surface area (Å²) in [5, 5.41) is 18.5. The standard InChI is InChI=1S/C12H22N4O2/c1-6-15-12(13-9(4)7-8(2)3)11(16(17)18)10(5)14-15/h8-9,13H,6-7H2,1-5H3. The molecular weight excluding hydrogens is 232 g/mol. The van der Waals surface area contributed by atoms with Gasteiger partial charge in [0.2, 0.25) is 5.82 Å². The Labute approximate surface area is 108 Å². The van der Waals surface area contributed by atoms with Gasteiger partial charge < -0.3 is 5.32 Å². The molecule has 1 rings (SSSR count). The van der Waals surface area contributed by atoms with Crippen LogP contribution in [0.15, 0.2) is 0 Å². The Morgan fingerprint density at radius 3 is 2.50 bits per heavy atom. The van der Waals surface area contributed by atoms with Crippen LogP contribution in [0.1, 0.15) is 39.8 Å². The van der Waals surface area contributed by atoms with E-state index in [-0.39, 0.29) is 16.7 Å². The maximum Gasteiger partial charge on any atom is 0.333 e. The van der Waals surface area contributed by atoms with Crippen LogP contribution in [0.2, 0.25) is 0 Å². The summed E-state index contributed by atoms with van der Waals surface area (Å²) in [7, 11) is 0. The van der Waals surface area contributed by atoms with Gasteiger partial charge in [-0.05, 0) is 33.1 Å². The number of nitrogens with zero attached hydrogens (tertiary/aromatic N) is 3. The Morgan fingerprint density at radius 2 is 2.06 bits per heavy atom. The zero-order valence-electron chi connectivity index (χ0n) is 11.7. The van der Waals surface area contributed by atoms with Crippen LogP contribution in [0.4, 0.5) is 11.5 Å². The Kier molecular flexibility index (Phi) is 4.69. The van der Waals surface area contributed by atoms with Gasteiger partial charge in [0, 0.05) is 12.6 Å². The first kappa shape index (κ1) is 14.5. The third-order valence-electron chi connectivity index (χ3n) is 2.79. The van der Waals surface area contributed by atoms with E-state index in [9.17, 15) is 10.1 Å². The van der Waals surface area contributed by atoms with Crippen molar-refractivity contribution in [3.8, 4) is 0 Å². The van der Waals surface area contributed by atoms with Gasteiger partial charge in [0.05, 0.1) is 4.92 Å². The van der Waals surface area contributed by atoms with Crippen molar-refractivity contribution in [2.75, 3.05) is 5.32 Å². The van der Waals surface area contributed by atoms with E-state index in [2.05, 4.69) is 24.3 Å². The highest BCUT2D eigenvalue weighted by Gasteiger charge is 2.25. The summed E-state index contributed by atoms with van der Waals surface area (Å²) in [6, 6.07) is 0.185. The smallest absolute Gasteiger partial charge is 0.333 e. The second-order valence-corrected chi connectivity index (χ2v) is 5.03. The molecule has 1 unspecified atom stereocenters. The van der Waals surface area contributed by atoms with Gasteiger partial charge in [-0.15, -0.1) is 0 Å². The normalized spacial score (nSPS) is 12.8. The number of hydrogen-bond donors (Lipinski definition) is 1. The maximum atomic E-state index is 11.1. The molecule has 0 radical (unpaired) electrons. The number of aryl methyl sites for hydroxylation is 2. The molecule has 0 bridgehead atoms. The lowest BCUT2D eigenvalue weighted by Crippen LogP contribution is -2.20. The van der Waals surface area contributed by atoms with Crippen LogP contribution in [0, 0.1) is 23.0 Å². The van der Waals surface area contributed by atoms with E-state index in [0.717, 1.165) is 6.42 Å². The third kappa shape index (κ3) is 3.21. The summed E-state index contributed by atoms with van der Waals surface area (Å²) < 4.78 is 1.66. The van der Waals surface area contributed by atoms with Crippen molar-refractivity contribution in [1.29, 1.82) is 0 Å². The van der Waals surface area contributed by atoms with Crippen LogP contribution in [-0.4, -0.2) is 20.7 Å². The Bertz CT molecular complexity index is 426. The molecule has 0 saturated carbocycles. The predicted molar refractivity (Wildman–Crippen MR) is 71.8 cm³/mol. The molecule has 102 valence electrons. The van der Waals surface area contributed by atoms with Gasteiger partial charge in [0.25, 0.3) is 0 Å². The summed E-state index contributed by atoms with van der Waals surface area (Å²) in [4.78, 5) is 10.7. The fourth-order valence-corrected chi connectivity index (χ4v) is 2.16. The van der Waals surface area contributed by atoms with Gasteiger partial charge in [-0.1, -0.05) is 13.8 Å². The van der Waals surface area contributed by atoms with Gasteiger partial charge in [0.1, 0.15) is 5.69 Å². The van der Waals surface area contributed by atoms with E-state index in [1.165, 1.54) is 0 Å². The maximum absolute atomic E-state index is 11.1. The lowest BCUT2D eigenvalue weighted by Gasteiger charge is -2.17. The van der Waals surface area contributed by atoms with Gasteiger partial charge >= 0.3 is 5.69 Å². The van der Waals surface area contributed by atoms with Crippen molar-refractivity contribution in [3.05, 3.63) is 15.8 Å². The molecular formula is C12H22N4O2. The fraction of sp³-hybridized carbons (Fsp3) is 0.750. The zero-order valence-corrected chi connectivity index (χ0v) is 11.7. The van der Waals surface area contributed by atoms with E-state index in [0.29, 0.717) is 24.0 Å². The number of nitrogens with one attached hydrogen (secondary N) is 1. The lowest BCUT2D eigenvalue weighted by atomic mass is 10.1. The van der Waals surface area contributed by atoms with Crippen LogP contribution < -0.4 is 5.32 Å². The number of rotatable bonds is 6. The summed E-state index contributed by atoms with van der Waals surface area (Å²) in [6.45, 7) is 10.5. The highest BCUT2D eigenvalue weighted by Crippen LogP contribution is 2.29. The molecule has 0 aliphatic heterocycles. The summed E-state index contributed by atoms with van der Waals surface area (Å²) in [6.07, 6.45) is 0.963. The third-order valence-corrected chi connectivity index (χ3v) is 2.79. The van der Waals surface area contributed by atoms with Crippen LogP contribution in [-0.2, 0) is 6.54 Å². The van der Waals surface area contributed by atoms with Crippen molar-refractivity contribution in [3.63, 3.8) is 0 Å². The van der Waals surface area contributed by atoms with Gasteiger partial charge in [-0.3, -0.25) is 10.1 Å². The average molecular weight is 254 g/mol. The topological polar surface area (TPSA) is 73.0 Å². The lowest BCUT2D eigenvalue weighted by molar-refractivity contribution is -0.384. The van der Waals surface area contributed by atoms with Gasteiger partial charge in [-0.25, -0.2) is 4.68 Å². The number of anilines is 1. The molecule has 1 aromatic heterocycles. The van der Waals surface area contributed by atoms with Crippen LogP contribution in [0.3, 0.4) is 0 Å². The van der Waals surface area contributed by atoms with Crippen LogP contribution in [0.25, 0.3) is 0 Å². The summed E-state index contributed by atoms with van der Waals surface area (Å²) in [5.74, 6) is 1.07. The molecule has 0 fully saturated rings. The molecule has 1 N–H and O–H groups in total. The van der Waals surface area contributed by atoms with E-state index < -0.39 is 0 Å². The Balaban J connectivity index is 3.02. The molecule has 6 nitrogen and oxygen atoms in total. The first-order chi connectivity index (χ1) is 8.36. The molecule has 0 amide bonds. The largest absolute Gasteiger partial charge is 0.362 e. The molecule has 0 saturated heterocycles. The van der Waals surface area contributed by atoms with Crippen molar-refractivity contribution in [2.45, 2.75) is 53.6 Å². The Hall–Kier alpha value is -1.59. The van der Waals surface area contributed by atoms with Gasteiger partial charge in [-0.2, -0.15) is 5.10 Å². The average Bonchev–Trinajstić information content (AvgIpc) is 2.53. The summed E-state index contributed by atoms with van der Waals surface area (Å²) >= 11 is 0. The molecule has 18 heavy (non-hydrogen) atoms. The minimum Gasteiger partial charge on any atom is -0.362 e. The molecule has 1 atom stereocenters. The minimum absolute atomic E-state index is 0.0902. The van der Waals surface area contributed by atoms with Crippen molar-refractivity contribution >= 4 is 11.5 Å². The second kappa shape index (κ2) is 5.84. The number of nitro groups is 1. The number of aromatic nitrogens is 2. The summed E-state index contributed by atoms with van der Waals surface area (Å²) in [5.41, 5.74) is 0.550. The van der Waals surface area contributed by atoms with Crippen molar-refractivity contribution < 1.29 is 4.92 Å². The monoisotopic (exact) mass is 254 g/mol. The van der Waals surface area contributed by atoms with E-state index in [4.69, 9.17) is 0 Å². The minimum atomic E-state index is -0.362. The molecule has 0 aliphatic carbocycles. The molecule has 6 heteroatoms. The van der Waals surface area contributed by atoms with E-state index in [1.807, 2.05) is 13.8 Å². The van der Waals surface area contributed by atoms with E-state index in [1.54, 1.807) is 11.6 Å². The van der Waals surface area contributed by atoms with E-state index >= 15 is 0 Å². The SMILES string of the molecule is CCn1nc(C)c([N+](=O)[O-])c1NC(C)CC(C)C. The van der Waals surface area contributed by atoms with Crippen molar-refractivity contribution in [2.24, 2.45) is 5.92 Å². The zero-order chi connectivity index (χ0) is 13.9. The molecule has 1 heterocycles. The molecule has 0 aliphatic rings. The highest BCUT2D eigenvalue weighted by molar-refractivity contribution is 5.59. The Morgan fingerprint density at radius 1 is 1.44 bits per heavy atom. The van der Waals surface area contributed by atoms with Crippen LogP contribution in [0.5, 0.6) is 0 Å². The second-order valence-electron chi connectivity index (χ2n) is 5.03. The first-order valence-corrected chi connectivity index (χ1v) is 6.35. The molecule has 0 spiro atoms.